The van der Waals surface area contributed by atoms with Gasteiger partial charge in [-0.05, 0) is 22.6 Å². The highest BCUT2D eigenvalue weighted by atomic mass is 127. The number of carbonyl (C=O) groups excluding carboxylic acids is 1. The molecular formula is C7H12ClIO3S. The van der Waals surface area contributed by atoms with E-state index in [4.69, 9.17) is 11.6 Å². The van der Waals surface area contributed by atoms with Gasteiger partial charge in [-0.2, -0.15) is 0 Å². The SMILES string of the molecule is CC(C)(C)C(=O)[C@](Cl)(I)S(C)(=O)=O. The monoisotopic (exact) mass is 338 g/mol. The molecule has 0 aromatic carbocycles. The maximum atomic E-state index is 11.6. The van der Waals surface area contributed by atoms with Gasteiger partial charge in [-0.25, -0.2) is 8.42 Å². The maximum Gasteiger partial charge on any atom is 0.253 e. The van der Waals surface area contributed by atoms with E-state index in [9.17, 15) is 13.2 Å². The van der Waals surface area contributed by atoms with Gasteiger partial charge in [0.15, 0.2) is 15.6 Å². The molecule has 0 rings (SSSR count). The lowest BCUT2D eigenvalue weighted by molar-refractivity contribution is -0.124. The molecule has 6 heteroatoms. The molecule has 0 saturated carbocycles. The number of hydrogen-bond acceptors (Lipinski definition) is 3. The lowest BCUT2D eigenvalue weighted by Crippen LogP contribution is -2.41. The van der Waals surface area contributed by atoms with Gasteiger partial charge in [-0.3, -0.25) is 4.79 Å². The normalized spacial score (nSPS) is 18.0. The molecule has 0 heterocycles. The second kappa shape index (κ2) is 3.66. The maximum absolute atomic E-state index is 11.6. The quantitative estimate of drug-likeness (QED) is 0.571. The number of ketones is 1. The molecule has 78 valence electrons. The van der Waals surface area contributed by atoms with Gasteiger partial charge in [0.1, 0.15) is 0 Å². The van der Waals surface area contributed by atoms with Crippen LogP contribution >= 0.6 is 34.2 Å². The highest BCUT2D eigenvalue weighted by Crippen LogP contribution is 2.37. The summed E-state index contributed by atoms with van der Waals surface area (Å²) in [4.78, 5) is 11.6. The number of Topliss-reactive ketones (excluding diaryl/α,β-unsaturated/α-hetero) is 1. The van der Waals surface area contributed by atoms with Crippen LogP contribution in [0.5, 0.6) is 0 Å². The fourth-order valence-electron chi connectivity index (χ4n) is 0.605. The molecule has 0 aliphatic rings. The lowest BCUT2D eigenvalue weighted by Gasteiger charge is -2.25. The Kier molecular flexibility index (Phi) is 3.84. The molecule has 3 nitrogen and oxygen atoms in total. The Balaban J connectivity index is 5.23. The first-order valence-corrected chi connectivity index (χ1v) is 6.88. The van der Waals surface area contributed by atoms with Crippen molar-refractivity contribution >= 4 is 49.8 Å². The predicted molar refractivity (Wildman–Crippen MR) is 61.9 cm³/mol. The number of hydrogen-bond donors (Lipinski definition) is 0. The number of rotatable bonds is 2. The second-order valence-corrected chi connectivity index (χ2v) is 9.80. The molecule has 0 spiro atoms. The fraction of sp³-hybridized carbons (Fsp3) is 0.857. The zero-order valence-corrected chi connectivity index (χ0v) is 11.6. The number of halogens is 2. The van der Waals surface area contributed by atoms with E-state index in [0.29, 0.717) is 0 Å². The Labute approximate surface area is 97.3 Å². The minimum Gasteiger partial charge on any atom is -0.295 e. The Morgan fingerprint density at radius 1 is 1.31 bits per heavy atom. The van der Waals surface area contributed by atoms with E-state index in [1.807, 2.05) is 0 Å². The third-order valence-electron chi connectivity index (χ3n) is 1.41. The highest BCUT2D eigenvalue weighted by molar-refractivity contribution is 14.1. The first kappa shape index (κ1) is 13.6. The minimum atomic E-state index is -3.58. The van der Waals surface area contributed by atoms with Gasteiger partial charge < -0.3 is 0 Å². The van der Waals surface area contributed by atoms with Crippen LogP contribution in [0.25, 0.3) is 0 Å². The minimum absolute atomic E-state index is 0.496. The van der Waals surface area contributed by atoms with Crippen LogP contribution in [0.2, 0.25) is 0 Å². The molecule has 0 N–H and O–H groups in total. The van der Waals surface area contributed by atoms with Gasteiger partial charge >= 0.3 is 0 Å². The van der Waals surface area contributed by atoms with Crippen LogP contribution in [-0.4, -0.2) is 22.7 Å². The van der Waals surface area contributed by atoms with Crippen LogP contribution in [-0.2, 0) is 14.6 Å². The molecule has 0 aromatic heterocycles. The van der Waals surface area contributed by atoms with E-state index >= 15 is 0 Å². The molecule has 0 radical (unpaired) electrons. The van der Waals surface area contributed by atoms with Gasteiger partial charge in [-0.15, -0.1) is 0 Å². The molecule has 0 aliphatic heterocycles. The Bertz CT molecular complexity index is 313. The van der Waals surface area contributed by atoms with Crippen molar-refractivity contribution in [3.8, 4) is 0 Å². The van der Waals surface area contributed by atoms with Crippen LogP contribution in [0.3, 0.4) is 0 Å². The second-order valence-electron chi connectivity index (χ2n) is 3.87. The van der Waals surface area contributed by atoms with E-state index in [2.05, 4.69) is 0 Å². The molecule has 0 aliphatic carbocycles. The zero-order valence-electron chi connectivity index (χ0n) is 7.89. The van der Waals surface area contributed by atoms with E-state index in [-0.39, 0.29) is 0 Å². The third-order valence-corrected chi connectivity index (χ3v) is 6.43. The van der Waals surface area contributed by atoms with Crippen LogP contribution in [0.15, 0.2) is 0 Å². The summed E-state index contributed by atoms with van der Waals surface area (Å²) in [5, 5.41) is 0. The van der Waals surface area contributed by atoms with Crippen molar-refractivity contribution in [2.75, 3.05) is 6.26 Å². The van der Waals surface area contributed by atoms with E-state index < -0.39 is 23.2 Å². The summed E-state index contributed by atoms with van der Waals surface area (Å²) in [7, 11) is -3.58. The highest BCUT2D eigenvalue weighted by Gasteiger charge is 2.48. The van der Waals surface area contributed by atoms with Crippen molar-refractivity contribution in [1.82, 2.24) is 0 Å². The molecule has 0 unspecified atom stereocenters. The summed E-state index contributed by atoms with van der Waals surface area (Å²) >= 11 is 7.16. The topological polar surface area (TPSA) is 51.2 Å². The number of carbonyl (C=O) groups is 1. The molecule has 0 amide bonds. The summed E-state index contributed by atoms with van der Waals surface area (Å²) in [6.07, 6.45) is 0.954. The lowest BCUT2D eigenvalue weighted by atomic mass is 9.92. The summed E-state index contributed by atoms with van der Waals surface area (Å²) < 4.78 is 20.5. The molecule has 0 saturated heterocycles. The van der Waals surface area contributed by atoms with Gasteiger partial charge in [0, 0.05) is 11.7 Å². The van der Waals surface area contributed by atoms with Gasteiger partial charge in [0.05, 0.1) is 0 Å². The van der Waals surface area contributed by atoms with Crippen molar-refractivity contribution in [3.05, 3.63) is 0 Å². The van der Waals surface area contributed by atoms with Gasteiger partial charge in [0.2, 0.25) is 0 Å². The van der Waals surface area contributed by atoms with Crippen molar-refractivity contribution < 1.29 is 13.2 Å². The van der Waals surface area contributed by atoms with Crippen LogP contribution < -0.4 is 0 Å². The summed E-state index contributed by atoms with van der Waals surface area (Å²) in [6.45, 7) is 4.91. The van der Waals surface area contributed by atoms with Crippen LogP contribution in [0, 0.1) is 5.41 Å². The van der Waals surface area contributed by atoms with Crippen molar-refractivity contribution in [1.29, 1.82) is 0 Å². The largest absolute Gasteiger partial charge is 0.295 e. The van der Waals surface area contributed by atoms with Crippen molar-refractivity contribution in [2.45, 2.75) is 23.0 Å². The standard InChI is InChI=1S/C7H12ClIO3S/c1-6(2,3)5(10)7(8,9)13(4,11)12/h1-4H3/t7-/m0/s1. The van der Waals surface area contributed by atoms with E-state index in [1.165, 1.54) is 22.6 Å². The molecule has 0 bridgehead atoms. The van der Waals surface area contributed by atoms with Crippen LogP contribution in [0.4, 0.5) is 0 Å². The number of alkyl halides is 2. The zero-order chi connectivity index (χ0) is 11.1. The average molecular weight is 339 g/mol. The smallest absolute Gasteiger partial charge is 0.253 e. The van der Waals surface area contributed by atoms with Crippen molar-refractivity contribution in [2.24, 2.45) is 5.41 Å². The summed E-state index contributed by atoms with van der Waals surface area (Å²) in [5.41, 5.74) is -0.758. The molecule has 0 aromatic rings. The molecule has 0 fully saturated rings. The van der Waals surface area contributed by atoms with Crippen LogP contribution in [0.1, 0.15) is 20.8 Å². The van der Waals surface area contributed by atoms with E-state index in [1.54, 1.807) is 20.8 Å². The van der Waals surface area contributed by atoms with E-state index in [0.717, 1.165) is 6.26 Å². The number of sulfone groups is 1. The summed E-state index contributed by atoms with van der Waals surface area (Å²) in [6, 6.07) is 0. The Morgan fingerprint density at radius 2 is 1.62 bits per heavy atom. The average Bonchev–Trinajstić information content (AvgIpc) is 1.81. The van der Waals surface area contributed by atoms with Gasteiger partial charge in [-0.1, -0.05) is 32.4 Å². The fourth-order valence-corrected chi connectivity index (χ4v) is 2.34. The van der Waals surface area contributed by atoms with Crippen molar-refractivity contribution in [3.63, 3.8) is 0 Å². The predicted octanol–water partition coefficient (Wildman–Crippen LogP) is 1.97. The third kappa shape index (κ3) is 3.06. The molecule has 13 heavy (non-hydrogen) atoms. The van der Waals surface area contributed by atoms with Gasteiger partial charge in [0.25, 0.3) is 2.21 Å². The Morgan fingerprint density at radius 3 is 1.69 bits per heavy atom. The molecular weight excluding hydrogens is 326 g/mol. The first-order valence-electron chi connectivity index (χ1n) is 3.53. The summed E-state index contributed by atoms with van der Waals surface area (Å²) in [5.74, 6) is -0.496. The Hall–Kier alpha value is 0.640. The molecule has 1 atom stereocenters. The first-order chi connectivity index (χ1) is 5.40.